The number of anilines is 1. The molecule has 4 heteroatoms. The van der Waals surface area contributed by atoms with Gasteiger partial charge in [-0.05, 0) is 47.7 Å². The third kappa shape index (κ3) is 3.06. The smallest absolute Gasteiger partial charge is 0.224 e. The normalized spacial score (nSPS) is 15.3. The molecule has 1 aliphatic rings. The van der Waals surface area contributed by atoms with Crippen molar-refractivity contribution < 1.29 is 4.79 Å². The summed E-state index contributed by atoms with van der Waals surface area (Å²) in [6.07, 6.45) is 1.38. The molecule has 0 saturated carbocycles. The van der Waals surface area contributed by atoms with Gasteiger partial charge < -0.3 is 5.32 Å². The van der Waals surface area contributed by atoms with Gasteiger partial charge in [-0.15, -0.1) is 0 Å². The fourth-order valence-corrected chi connectivity index (χ4v) is 4.29. The Labute approximate surface area is 141 Å². The molecular weight excluding hydrogens is 394 g/mol. The van der Waals surface area contributed by atoms with E-state index < -0.39 is 0 Å². The number of carbonyl (C=O) groups excluding carboxylic acids is 1. The maximum Gasteiger partial charge on any atom is 0.224 e. The number of carbonyl (C=O) groups is 1. The van der Waals surface area contributed by atoms with Crippen molar-refractivity contribution in [2.24, 2.45) is 0 Å². The summed E-state index contributed by atoms with van der Waals surface area (Å²) in [4.78, 5) is 11.6. The van der Waals surface area contributed by atoms with Gasteiger partial charge in [0.2, 0.25) is 5.91 Å². The van der Waals surface area contributed by atoms with Crippen LogP contribution < -0.4 is 5.32 Å². The van der Waals surface area contributed by atoms with Gasteiger partial charge in [0.15, 0.2) is 0 Å². The van der Waals surface area contributed by atoms with Crippen LogP contribution in [0.1, 0.15) is 33.5 Å². The molecule has 1 unspecified atom stereocenters. The van der Waals surface area contributed by atoms with Gasteiger partial charge in [-0.25, -0.2) is 0 Å². The van der Waals surface area contributed by atoms with Crippen LogP contribution in [0.4, 0.5) is 5.69 Å². The Hall–Kier alpha value is -1.13. The van der Waals surface area contributed by atoms with Crippen molar-refractivity contribution in [3.8, 4) is 0 Å². The fourth-order valence-electron chi connectivity index (χ4n) is 2.58. The first kappa shape index (κ1) is 14.8. The Balaban J connectivity index is 1.95. The van der Waals surface area contributed by atoms with Crippen LogP contribution in [0, 0.1) is 6.92 Å². The van der Waals surface area contributed by atoms with Crippen molar-refractivity contribution >= 4 is 43.5 Å². The number of hydrogen-bond donors (Lipinski definition) is 1. The first-order valence-electron chi connectivity index (χ1n) is 6.87. The molecule has 0 aliphatic carbocycles. The Kier molecular flexibility index (Phi) is 4.18. The zero-order chi connectivity index (χ0) is 15.0. The molecule has 1 amide bonds. The minimum atomic E-state index is 0.104. The van der Waals surface area contributed by atoms with E-state index in [-0.39, 0.29) is 10.7 Å². The third-order valence-corrected chi connectivity index (χ3v) is 5.46. The molecule has 3 rings (SSSR count). The highest BCUT2D eigenvalue weighted by molar-refractivity contribution is 9.11. The van der Waals surface area contributed by atoms with Gasteiger partial charge in [-0.1, -0.05) is 56.1 Å². The van der Waals surface area contributed by atoms with Crippen molar-refractivity contribution in [3.63, 3.8) is 0 Å². The molecule has 0 fully saturated rings. The molecule has 21 heavy (non-hydrogen) atoms. The minimum absolute atomic E-state index is 0.104. The van der Waals surface area contributed by atoms with Gasteiger partial charge in [-0.3, -0.25) is 4.79 Å². The standard InChI is InChI=1S/C17H15Br2NO/c1-10-2-5-13(14(18)8-10)17(19)12-3-6-15-11(9-12)4-7-16(21)20-15/h2-3,5-6,8-9,17H,4,7H2,1H3,(H,20,21). The van der Waals surface area contributed by atoms with Crippen molar-refractivity contribution in [3.05, 3.63) is 63.1 Å². The van der Waals surface area contributed by atoms with E-state index in [1.165, 1.54) is 22.3 Å². The van der Waals surface area contributed by atoms with Crippen LogP contribution in [0.2, 0.25) is 0 Å². The molecule has 1 heterocycles. The Morgan fingerprint density at radius 3 is 2.71 bits per heavy atom. The second-order valence-electron chi connectivity index (χ2n) is 5.35. The predicted molar refractivity (Wildman–Crippen MR) is 93.0 cm³/mol. The van der Waals surface area contributed by atoms with E-state index in [1.807, 2.05) is 6.07 Å². The summed E-state index contributed by atoms with van der Waals surface area (Å²) in [5.41, 5.74) is 5.80. The summed E-state index contributed by atoms with van der Waals surface area (Å²) in [5, 5.41) is 2.92. The molecule has 108 valence electrons. The molecule has 0 radical (unpaired) electrons. The Bertz CT molecular complexity index is 712. The van der Waals surface area contributed by atoms with Crippen LogP contribution in [0.15, 0.2) is 40.9 Å². The highest BCUT2D eigenvalue weighted by Gasteiger charge is 2.18. The van der Waals surface area contributed by atoms with Crippen LogP contribution in [0.25, 0.3) is 0 Å². The van der Waals surface area contributed by atoms with E-state index in [1.54, 1.807) is 0 Å². The Morgan fingerprint density at radius 1 is 1.14 bits per heavy atom. The molecule has 2 aromatic carbocycles. The zero-order valence-corrected chi connectivity index (χ0v) is 14.8. The van der Waals surface area contributed by atoms with E-state index in [0.717, 1.165) is 16.6 Å². The molecule has 1 aliphatic heterocycles. The highest BCUT2D eigenvalue weighted by atomic mass is 79.9. The number of rotatable bonds is 2. The van der Waals surface area contributed by atoms with Gasteiger partial charge in [0.25, 0.3) is 0 Å². The van der Waals surface area contributed by atoms with E-state index in [0.29, 0.717) is 6.42 Å². The van der Waals surface area contributed by atoms with Crippen molar-refractivity contribution in [2.75, 3.05) is 5.32 Å². The summed E-state index contributed by atoms with van der Waals surface area (Å²) < 4.78 is 1.11. The van der Waals surface area contributed by atoms with E-state index in [2.05, 4.69) is 74.4 Å². The van der Waals surface area contributed by atoms with E-state index in [9.17, 15) is 4.79 Å². The SMILES string of the molecule is Cc1ccc(C(Br)c2ccc3c(c2)CCC(=O)N3)c(Br)c1. The molecule has 0 saturated heterocycles. The summed E-state index contributed by atoms with van der Waals surface area (Å²) in [6, 6.07) is 12.6. The van der Waals surface area contributed by atoms with Gasteiger partial charge in [-0.2, -0.15) is 0 Å². The monoisotopic (exact) mass is 407 g/mol. The number of amides is 1. The molecule has 1 atom stereocenters. The molecule has 0 aromatic heterocycles. The summed E-state index contributed by atoms with van der Waals surface area (Å²) in [7, 11) is 0. The Morgan fingerprint density at radius 2 is 1.95 bits per heavy atom. The van der Waals surface area contributed by atoms with Crippen molar-refractivity contribution in [2.45, 2.75) is 24.6 Å². The number of halogens is 2. The average molecular weight is 409 g/mol. The van der Waals surface area contributed by atoms with Gasteiger partial charge in [0.1, 0.15) is 0 Å². The minimum Gasteiger partial charge on any atom is -0.326 e. The number of alkyl halides is 1. The number of fused-ring (bicyclic) bond motifs is 1. The second kappa shape index (κ2) is 5.93. The van der Waals surface area contributed by atoms with Gasteiger partial charge >= 0.3 is 0 Å². The topological polar surface area (TPSA) is 29.1 Å². The lowest BCUT2D eigenvalue weighted by Gasteiger charge is -2.20. The predicted octanol–water partition coefficient (Wildman–Crippen LogP) is 5.13. The van der Waals surface area contributed by atoms with Crippen LogP contribution in [0.5, 0.6) is 0 Å². The lowest BCUT2D eigenvalue weighted by atomic mass is 9.97. The lowest BCUT2D eigenvalue weighted by molar-refractivity contribution is -0.116. The molecular formula is C17H15Br2NO. The summed E-state index contributed by atoms with van der Waals surface area (Å²) >= 11 is 7.43. The molecule has 1 N–H and O–H groups in total. The van der Waals surface area contributed by atoms with Crippen molar-refractivity contribution in [1.29, 1.82) is 0 Å². The molecule has 0 spiro atoms. The zero-order valence-electron chi connectivity index (χ0n) is 11.6. The molecule has 2 nitrogen and oxygen atoms in total. The average Bonchev–Trinajstić information content (AvgIpc) is 2.46. The first-order chi connectivity index (χ1) is 10.0. The first-order valence-corrected chi connectivity index (χ1v) is 8.58. The number of benzene rings is 2. The van der Waals surface area contributed by atoms with Gasteiger partial charge in [0.05, 0.1) is 4.83 Å². The summed E-state index contributed by atoms with van der Waals surface area (Å²) in [5.74, 6) is 0.104. The van der Waals surface area contributed by atoms with Crippen LogP contribution in [-0.4, -0.2) is 5.91 Å². The molecule has 0 bridgehead atoms. The van der Waals surface area contributed by atoms with Crippen LogP contribution >= 0.6 is 31.9 Å². The highest BCUT2D eigenvalue weighted by Crippen LogP contribution is 2.37. The van der Waals surface area contributed by atoms with Crippen molar-refractivity contribution in [1.82, 2.24) is 0 Å². The number of nitrogens with one attached hydrogen (secondary N) is 1. The fraction of sp³-hybridized carbons (Fsp3) is 0.235. The molecule has 2 aromatic rings. The number of aryl methyl sites for hydroxylation is 2. The lowest BCUT2D eigenvalue weighted by Crippen LogP contribution is -2.19. The van der Waals surface area contributed by atoms with E-state index >= 15 is 0 Å². The summed E-state index contributed by atoms with van der Waals surface area (Å²) in [6.45, 7) is 2.08. The largest absolute Gasteiger partial charge is 0.326 e. The maximum atomic E-state index is 11.4. The third-order valence-electron chi connectivity index (χ3n) is 3.75. The maximum absolute atomic E-state index is 11.4. The second-order valence-corrected chi connectivity index (χ2v) is 7.12. The number of hydrogen-bond acceptors (Lipinski definition) is 1. The van der Waals surface area contributed by atoms with Gasteiger partial charge in [0, 0.05) is 16.6 Å². The van der Waals surface area contributed by atoms with Crippen LogP contribution in [-0.2, 0) is 11.2 Å². The van der Waals surface area contributed by atoms with Crippen LogP contribution in [0.3, 0.4) is 0 Å². The quantitative estimate of drug-likeness (QED) is 0.686. The van der Waals surface area contributed by atoms with E-state index in [4.69, 9.17) is 0 Å².